The predicted octanol–water partition coefficient (Wildman–Crippen LogP) is 6.30. The number of hydrogen-bond acceptors (Lipinski definition) is 4. The lowest BCUT2D eigenvalue weighted by Crippen LogP contribution is -2.46. The first-order chi connectivity index (χ1) is 18.6. The molecule has 0 saturated carbocycles. The van der Waals surface area contributed by atoms with Crippen molar-refractivity contribution in [2.45, 2.75) is 50.5 Å². The number of amides is 1. The Hall–Kier alpha value is -3.31. The van der Waals surface area contributed by atoms with Crippen molar-refractivity contribution in [1.29, 1.82) is 0 Å². The SMILES string of the molecule is COc1ccc(C2(c3ccc(OC)cc3)CCCN(Cc3ccc(C(=O)N4CCCCCC4)cc3)C2)cc1. The second kappa shape index (κ2) is 12.0. The molecule has 2 aliphatic rings. The van der Waals surface area contributed by atoms with Gasteiger partial charge in [0.25, 0.3) is 5.91 Å². The molecule has 0 radical (unpaired) electrons. The average Bonchev–Trinajstić information content (AvgIpc) is 3.27. The van der Waals surface area contributed by atoms with Crippen molar-refractivity contribution in [1.82, 2.24) is 9.80 Å². The van der Waals surface area contributed by atoms with Gasteiger partial charge in [-0.15, -0.1) is 0 Å². The highest BCUT2D eigenvalue weighted by Crippen LogP contribution is 2.41. The van der Waals surface area contributed by atoms with Gasteiger partial charge in [0.05, 0.1) is 14.2 Å². The summed E-state index contributed by atoms with van der Waals surface area (Å²) in [7, 11) is 3.42. The van der Waals surface area contributed by atoms with Gasteiger partial charge in [0.1, 0.15) is 11.5 Å². The number of carbonyl (C=O) groups excluding carboxylic acids is 1. The van der Waals surface area contributed by atoms with Gasteiger partial charge in [0, 0.05) is 37.2 Å². The van der Waals surface area contributed by atoms with Crippen LogP contribution in [0.25, 0.3) is 0 Å². The minimum Gasteiger partial charge on any atom is -0.497 e. The number of piperidine rings is 1. The normalized spacial score (nSPS) is 18.0. The van der Waals surface area contributed by atoms with E-state index in [2.05, 4.69) is 65.6 Å². The molecular formula is C33H40N2O3. The number of hydrogen-bond donors (Lipinski definition) is 0. The van der Waals surface area contributed by atoms with Crippen molar-refractivity contribution in [3.63, 3.8) is 0 Å². The quantitative estimate of drug-likeness (QED) is 0.372. The monoisotopic (exact) mass is 512 g/mol. The number of methoxy groups -OCH3 is 2. The zero-order valence-electron chi connectivity index (χ0n) is 22.8. The van der Waals surface area contributed by atoms with E-state index < -0.39 is 0 Å². The second-order valence-electron chi connectivity index (χ2n) is 10.8. The van der Waals surface area contributed by atoms with Gasteiger partial charge < -0.3 is 14.4 Å². The Kier molecular flexibility index (Phi) is 8.33. The van der Waals surface area contributed by atoms with Crippen molar-refractivity contribution in [2.75, 3.05) is 40.4 Å². The lowest BCUT2D eigenvalue weighted by molar-refractivity contribution is 0.0761. The number of ether oxygens (including phenoxy) is 2. The highest BCUT2D eigenvalue weighted by Gasteiger charge is 2.38. The molecule has 0 aromatic heterocycles. The van der Waals surface area contributed by atoms with Gasteiger partial charge in [-0.1, -0.05) is 49.2 Å². The van der Waals surface area contributed by atoms with Crippen LogP contribution in [0, 0.1) is 0 Å². The van der Waals surface area contributed by atoms with E-state index >= 15 is 0 Å². The molecule has 0 N–H and O–H groups in total. The lowest BCUT2D eigenvalue weighted by Gasteiger charge is -2.44. The Labute approximate surface area is 227 Å². The molecule has 0 aliphatic carbocycles. The van der Waals surface area contributed by atoms with Crippen molar-refractivity contribution in [3.8, 4) is 11.5 Å². The van der Waals surface area contributed by atoms with Gasteiger partial charge >= 0.3 is 0 Å². The molecule has 5 nitrogen and oxygen atoms in total. The number of rotatable bonds is 7. The van der Waals surface area contributed by atoms with E-state index in [-0.39, 0.29) is 11.3 Å². The number of carbonyl (C=O) groups is 1. The molecule has 5 rings (SSSR count). The van der Waals surface area contributed by atoms with Crippen LogP contribution >= 0.6 is 0 Å². The minimum absolute atomic E-state index is 0.112. The molecule has 0 spiro atoms. The Morgan fingerprint density at radius 3 is 1.79 bits per heavy atom. The van der Waals surface area contributed by atoms with Gasteiger partial charge in [-0.25, -0.2) is 0 Å². The maximum Gasteiger partial charge on any atom is 0.253 e. The van der Waals surface area contributed by atoms with Crippen LogP contribution < -0.4 is 9.47 Å². The Morgan fingerprint density at radius 1 is 0.711 bits per heavy atom. The Balaban J connectivity index is 1.35. The molecule has 2 fully saturated rings. The van der Waals surface area contributed by atoms with Crippen LogP contribution in [0.3, 0.4) is 0 Å². The third-order valence-corrected chi connectivity index (χ3v) is 8.36. The topological polar surface area (TPSA) is 42.0 Å². The van der Waals surface area contributed by atoms with Gasteiger partial charge in [-0.2, -0.15) is 0 Å². The minimum atomic E-state index is -0.112. The Bertz CT molecular complexity index is 1130. The van der Waals surface area contributed by atoms with E-state index in [1.165, 1.54) is 29.5 Å². The standard InChI is InChI=1S/C33H40N2O3/c1-37-30-16-12-28(13-17-30)33(29-14-18-31(38-2)19-15-29)20-7-21-34(25-33)24-26-8-10-27(11-9-26)32(36)35-22-5-3-4-6-23-35/h8-19H,3-7,20-25H2,1-2H3. The van der Waals surface area contributed by atoms with Crippen molar-refractivity contribution in [3.05, 3.63) is 95.1 Å². The summed E-state index contributed by atoms with van der Waals surface area (Å²) in [5.74, 6) is 1.93. The zero-order valence-corrected chi connectivity index (χ0v) is 22.8. The molecule has 0 bridgehead atoms. The maximum atomic E-state index is 13.0. The fourth-order valence-electron chi connectivity index (χ4n) is 6.20. The summed E-state index contributed by atoms with van der Waals surface area (Å²) >= 11 is 0. The first kappa shape index (κ1) is 26.3. The number of likely N-dealkylation sites (tertiary alicyclic amines) is 2. The molecule has 5 heteroatoms. The molecule has 38 heavy (non-hydrogen) atoms. The highest BCUT2D eigenvalue weighted by atomic mass is 16.5. The van der Waals surface area contributed by atoms with Gasteiger partial charge in [0.15, 0.2) is 0 Å². The van der Waals surface area contributed by atoms with Crippen LogP contribution in [0.2, 0.25) is 0 Å². The van der Waals surface area contributed by atoms with E-state index in [4.69, 9.17) is 9.47 Å². The first-order valence-corrected chi connectivity index (χ1v) is 14.0. The van der Waals surface area contributed by atoms with Gasteiger partial charge in [-0.3, -0.25) is 9.69 Å². The fourth-order valence-corrected chi connectivity index (χ4v) is 6.20. The smallest absolute Gasteiger partial charge is 0.253 e. The predicted molar refractivity (Wildman–Crippen MR) is 152 cm³/mol. The molecule has 3 aromatic rings. The molecular weight excluding hydrogens is 472 g/mol. The van der Waals surface area contributed by atoms with Crippen LogP contribution in [-0.2, 0) is 12.0 Å². The molecule has 200 valence electrons. The first-order valence-electron chi connectivity index (χ1n) is 14.0. The summed E-state index contributed by atoms with van der Waals surface area (Å²) in [5, 5.41) is 0. The third kappa shape index (κ3) is 5.73. The molecule has 0 atom stereocenters. The largest absolute Gasteiger partial charge is 0.497 e. The van der Waals surface area contributed by atoms with Gasteiger partial charge in [-0.05, 0) is 85.3 Å². The van der Waals surface area contributed by atoms with Crippen LogP contribution in [0.15, 0.2) is 72.8 Å². The third-order valence-electron chi connectivity index (χ3n) is 8.36. The average molecular weight is 513 g/mol. The summed E-state index contributed by atoms with van der Waals surface area (Å²) in [5.41, 5.74) is 4.57. The summed E-state index contributed by atoms with van der Waals surface area (Å²) in [6.45, 7) is 4.62. The Morgan fingerprint density at radius 2 is 1.26 bits per heavy atom. The molecule has 2 saturated heterocycles. The highest BCUT2D eigenvalue weighted by molar-refractivity contribution is 5.94. The van der Waals surface area contributed by atoms with Gasteiger partial charge in [0.2, 0.25) is 0 Å². The molecule has 2 aliphatic heterocycles. The van der Waals surface area contributed by atoms with Crippen molar-refractivity contribution < 1.29 is 14.3 Å². The summed E-state index contributed by atoms with van der Waals surface area (Å²) in [6, 6.07) is 25.5. The summed E-state index contributed by atoms with van der Waals surface area (Å²) < 4.78 is 10.9. The van der Waals surface area contributed by atoms with Crippen LogP contribution in [0.4, 0.5) is 0 Å². The zero-order chi connectivity index (χ0) is 26.4. The molecule has 1 amide bonds. The number of benzene rings is 3. The lowest BCUT2D eigenvalue weighted by atomic mass is 9.69. The van der Waals surface area contributed by atoms with E-state index in [1.807, 2.05) is 17.0 Å². The van der Waals surface area contributed by atoms with E-state index in [9.17, 15) is 4.79 Å². The van der Waals surface area contributed by atoms with Crippen LogP contribution in [0.1, 0.15) is 65.6 Å². The molecule has 2 heterocycles. The summed E-state index contributed by atoms with van der Waals surface area (Å²) in [6.07, 6.45) is 6.89. The van der Waals surface area contributed by atoms with Crippen LogP contribution in [0.5, 0.6) is 11.5 Å². The maximum absolute atomic E-state index is 13.0. The second-order valence-corrected chi connectivity index (χ2v) is 10.8. The van der Waals surface area contributed by atoms with Crippen molar-refractivity contribution in [2.24, 2.45) is 0 Å². The van der Waals surface area contributed by atoms with Crippen molar-refractivity contribution >= 4 is 5.91 Å². The summed E-state index contributed by atoms with van der Waals surface area (Å²) in [4.78, 5) is 17.6. The fraction of sp³-hybridized carbons (Fsp3) is 0.424. The molecule has 3 aromatic carbocycles. The number of nitrogens with zero attached hydrogens (tertiary/aromatic N) is 2. The van der Waals surface area contributed by atoms with Crippen LogP contribution in [-0.4, -0.2) is 56.1 Å². The van der Waals surface area contributed by atoms with E-state index in [1.54, 1.807) is 14.2 Å². The molecule has 0 unspecified atom stereocenters. The van der Waals surface area contributed by atoms with E-state index in [0.29, 0.717) is 0 Å². The van der Waals surface area contributed by atoms with E-state index in [0.717, 1.165) is 75.5 Å².